The van der Waals surface area contributed by atoms with Crippen LogP contribution in [0.2, 0.25) is 0 Å². The molecule has 0 N–H and O–H groups in total. The second-order valence-corrected chi connectivity index (χ2v) is 3.56. The predicted molar refractivity (Wildman–Crippen MR) is 64.0 cm³/mol. The first-order chi connectivity index (χ1) is 7.31. The van der Waals surface area contributed by atoms with E-state index in [0.29, 0.717) is 5.88 Å². The summed E-state index contributed by atoms with van der Waals surface area (Å²) < 4.78 is 5.06. The Morgan fingerprint density at radius 1 is 1.47 bits per heavy atom. The summed E-state index contributed by atoms with van der Waals surface area (Å²) in [6, 6.07) is 3.89. The lowest BCUT2D eigenvalue weighted by Gasteiger charge is -2.21. The van der Waals surface area contributed by atoms with Gasteiger partial charge in [-0.3, -0.25) is 0 Å². The van der Waals surface area contributed by atoms with E-state index in [9.17, 15) is 0 Å². The van der Waals surface area contributed by atoms with Crippen LogP contribution in [0.3, 0.4) is 0 Å². The molecule has 0 bridgehead atoms. The summed E-state index contributed by atoms with van der Waals surface area (Å²) in [5.41, 5.74) is 0. The lowest BCUT2D eigenvalue weighted by atomic mass is 10.3. The van der Waals surface area contributed by atoms with Crippen LogP contribution in [0.25, 0.3) is 0 Å². The summed E-state index contributed by atoms with van der Waals surface area (Å²) in [5, 5.41) is 0. The average Bonchev–Trinajstić information content (AvgIpc) is 2.31. The van der Waals surface area contributed by atoms with E-state index in [-0.39, 0.29) is 0 Å². The first kappa shape index (κ1) is 12.1. The van der Waals surface area contributed by atoms with Crippen molar-refractivity contribution in [2.24, 2.45) is 0 Å². The Balaban J connectivity index is 2.65. The van der Waals surface area contributed by atoms with Crippen LogP contribution in [0.1, 0.15) is 13.3 Å². The number of alkyl halides is 1. The number of methoxy groups -OCH3 is 1. The third-order valence-electron chi connectivity index (χ3n) is 2.22. The molecule has 1 rings (SSSR count). The number of aromatic nitrogens is 1. The van der Waals surface area contributed by atoms with E-state index in [1.165, 1.54) is 0 Å². The van der Waals surface area contributed by atoms with Crippen LogP contribution in [0, 0.1) is 0 Å². The van der Waals surface area contributed by atoms with Crippen molar-refractivity contribution in [1.29, 1.82) is 0 Å². The van der Waals surface area contributed by atoms with Gasteiger partial charge in [0.1, 0.15) is 11.6 Å². The van der Waals surface area contributed by atoms with E-state index in [1.54, 1.807) is 13.3 Å². The van der Waals surface area contributed by atoms with Gasteiger partial charge in [-0.2, -0.15) is 0 Å². The Bertz CT molecular complexity index is 276. The normalized spacial score (nSPS) is 10.1. The molecule has 0 aliphatic heterocycles. The molecule has 0 radical (unpaired) electrons. The lowest BCUT2D eigenvalue weighted by Crippen LogP contribution is -2.25. The molecule has 84 valence electrons. The number of halogens is 1. The summed E-state index contributed by atoms with van der Waals surface area (Å²) in [5.74, 6) is 2.45. The minimum atomic E-state index is 0.687. The van der Waals surface area contributed by atoms with Crippen molar-refractivity contribution in [2.75, 3.05) is 31.0 Å². The Labute approximate surface area is 96.0 Å². The number of hydrogen-bond acceptors (Lipinski definition) is 3. The van der Waals surface area contributed by atoms with Crippen molar-refractivity contribution in [3.63, 3.8) is 0 Å². The monoisotopic (exact) mass is 228 g/mol. The van der Waals surface area contributed by atoms with Gasteiger partial charge in [0.25, 0.3) is 0 Å². The molecule has 0 saturated heterocycles. The fourth-order valence-corrected chi connectivity index (χ4v) is 1.49. The molecule has 0 aliphatic carbocycles. The van der Waals surface area contributed by atoms with Gasteiger partial charge in [0.15, 0.2) is 0 Å². The Hall–Kier alpha value is -0.960. The molecule has 1 aromatic heterocycles. The van der Waals surface area contributed by atoms with Crippen LogP contribution in [0.15, 0.2) is 18.3 Å². The zero-order valence-corrected chi connectivity index (χ0v) is 10.00. The number of anilines is 1. The van der Waals surface area contributed by atoms with Gasteiger partial charge in [0, 0.05) is 19.0 Å². The van der Waals surface area contributed by atoms with Crippen molar-refractivity contribution >= 4 is 17.4 Å². The number of ether oxygens (including phenoxy) is 1. The molecule has 4 heteroatoms. The van der Waals surface area contributed by atoms with Crippen LogP contribution in [0.5, 0.6) is 5.75 Å². The summed E-state index contributed by atoms with van der Waals surface area (Å²) in [6.45, 7) is 4.00. The van der Waals surface area contributed by atoms with Crippen molar-refractivity contribution in [3.8, 4) is 5.75 Å². The molecule has 3 nitrogen and oxygen atoms in total. The maximum absolute atomic E-state index is 5.67. The SMILES string of the molecule is CCN(CCCCl)c1ccc(OC)cn1. The third-order valence-corrected chi connectivity index (χ3v) is 2.49. The molecule has 0 spiro atoms. The van der Waals surface area contributed by atoms with Gasteiger partial charge < -0.3 is 9.64 Å². The fourth-order valence-electron chi connectivity index (χ4n) is 1.37. The second kappa shape index (κ2) is 6.51. The third kappa shape index (κ3) is 3.59. The van der Waals surface area contributed by atoms with Crippen molar-refractivity contribution in [3.05, 3.63) is 18.3 Å². The van der Waals surface area contributed by atoms with Crippen LogP contribution in [-0.2, 0) is 0 Å². The second-order valence-electron chi connectivity index (χ2n) is 3.18. The molecular formula is C11H17ClN2O. The molecule has 0 aromatic carbocycles. The molecule has 15 heavy (non-hydrogen) atoms. The average molecular weight is 229 g/mol. The van der Waals surface area contributed by atoms with E-state index < -0.39 is 0 Å². The van der Waals surface area contributed by atoms with Crippen molar-refractivity contribution in [1.82, 2.24) is 4.98 Å². The van der Waals surface area contributed by atoms with Crippen LogP contribution in [0.4, 0.5) is 5.82 Å². The number of pyridine rings is 1. The van der Waals surface area contributed by atoms with E-state index in [1.807, 2.05) is 12.1 Å². The highest BCUT2D eigenvalue weighted by molar-refractivity contribution is 6.17. The van der Waals surface area contributed by atoms with Gasteiger partial charge in [-0.15, -0.1) is 11.6 Å². The minimum absolute atomic E-state index is 0.687. The van der Waals surface area contributed by atoms with Gasteiger partial charge in [0.05, 0.1) is 13.3 Å². The van der Waals surface area contributed by atoms with Gasteiger partial charge in [-0.25, -0.2) is 4.98 Å². The fraction of sp³-hybridized carbons (Fsp3) is 0.545. The molecule has 0 aliphatic rings. The quantitative estimate of drug-likeness (QED) is 0.700. The summed E-state index contributed by atoms with van der Waals surface area (Å²) >= 11 is 5.67. The standard InChI is InChI=1S/C11H17ClN2O/c1-3-14(8-4-7-12)11-6-5-10(15-2)9-13-11/h5-6,9H,3-4,7-8H2,1-2H3. The van der Waals surface area contributed by atoms with Gasteiger partial charge in [-0.05, 0) is 25.5 Å². The first-order valence-corrected chi connectivity index (χ1v) is 5.66. The first-order valence-electron chi connectivity index (χ1n) is 5.12. The lowest BCUT2D eigenvalue weighted by molar-refractivity contribution is 0.413. The molecule has 1 aromatic rings. The van der Waals surface area contributed by atoms with Crippen molar-refractivity contribution < 1.29 is 4.74 Å². The van der Waals surface area contributed by atoms with Crippen molar-refractivity contribution in [2.45, 2.75) is 13.3 Å². The molecule has 0 atom stereocenters. The highest BCUT2D eigenvalue weighted by Crippen LogP contribution is 2.15. The highest BCUT2D eigenvalue weighted by atomic mass is 35.5. The summed E-state index contributed by atoms with van der Waals surface area (Å²) in [7, 11) is 1.64. The summed E-state index contributed by atoms with van der Waals surface area (Å²) in [6.07, 6.45) is 2.71. The Kier molecular flexibility index (Phi) is 5.26. The number of nitrogens with zero attached hydrogens (tertiary/aromatic N) is 2. The number of hydrogen-bond donors (Lipinski definition) is 0. The maximum atomic E-state index is 5.67. The van der Waals surface area contributed by atoms with Crippen LogP contribution < -0.4 is 9.64 Å². The zero-order chi connectivity index (χ0) is 11.1. The summed E-state index contributed by atoms with van der Waals surface area (Å²) in [4.78, 5) is 6.53. The van der Waals surface area contributed by atoms with E-state index >= 15 is 0 Å². The van der Waals surface area contributed by atoms with E-state index in [4.69, 9.17) is 16.3 Å². The molecule has 0 fully saturated rings. The molecule has 0 unspecified atom stereocenters. The van der Waals surface area contributed by atoms with Crippen LogP contribution in [-0.4, -0.2) is 31.1 Å². The highest BCUT2D eigenvalue weighted by Gasteiger charge is 2.04. The molecule has 0 amide bonds. The molecule has 0 saturated carbocycles. The minimum Gasteiger partial charge on any atom is -0.495 e. The van der Waals surface area contributed by atoms with Gasteiger partial charge >= 0.3 is 0 Å². The Morgan fingerprint density at radius 3 is 2.73 bits per heavy atom. The zero-order valence-electron chi connectivity index (χ0n) is 9.24. The largest absolute Gasteiger partial charge is 0.495 e. The van der Waals surface area contributed by atoms with E-state index in [0.717, 1.165) is 31.1 Å². The molecule has 1 heterocycles. The molecular weight excluding hydrogens is 212 g/mol. The van der Waals surface area contributed by atoms with E-state index in [2.05, 4.69) is 16.8 Å². The Morgan fingerprint density at radius 2 is 2.27 bits per heavy atom. The predicted octanol–water partition coefficient (Wildman–Crippen LogP) is 2.55. The van der Waals surface area contributed by atoms with Crippen LogP contribution >= 0.6 is 11.6 Å². The smallest absolute Gasteiger partial charge is 0.137 e. The topological polar surface area (TPSA) is 25.4 Å². The maximum Gasteiger partial charge on any atom is 0.137 e. The number of rotatable bonds is 6. The van der Waals surface area contributed by atoms with Gasteiger partial charge in [0.2, 0.25) is 0 Å². The van der Waals surface area contributed by atoms with Gasteiger partial charge in [-0.1, -0.05) is 0 Å².